The molecule has 0 radical (unpaired) electrons. The summed E-state index contributed by atoms with van der Waals surface area (Å²) in [7, 11) is 1.63. The zero-order chi connectivity index (χ0) is 13.2. The van der Waals surface area contributed by atoms with Crippen molar-refractivity contribution in [2.45, 2.75) is 39.5 Å². The van der Waals surface area contributed by atoms with Crippen LogP contribution in [-0.4, -0.2) is 12.9 Å². The maximum Gasteiger partial charge on any atom is 0.166 e. The van der Waals surface area contributed by atoms with E-state index in [9.17, 15) is 4.79 Å². The molecular weight excluding hydrogens is 224 g/mol. The average molecular weight is 246 g/mol. The van der Waals surface area contributed by atoms with E-state index in [1.807, 2.05) is 24.3 Å². The van der Waals surface area contributed by atoms with Crippen molar-refractivity contribution in [1.29, 1.82) is 0 Å². The molecule has 0 amide bonds. The number of hydrogen-bond donors (Lipinski definition) is 0. The van der Waals surface area contributed by atoms with Crippen molar-refractivity contribution in [1.82, 2.24) is 0 Å². The zero-order valence-corrected chi connectivity index (χ0v) is 11.5. The monoisotopic (exact) mass is 246 g/mol. The fourth-order valence-corrected chi connectivity index (χ4v) is 2.67. The van der Waals surface area contributed by atoms with Crippen LogP contribution in [0.4, 0.5) is 0 Å². The standard InChI is InChI=1S/C16H22O2/c1-16(2)9-7-12(8-10-16)15(17)13-5-4-6-14(11-13)18-3/h4-6,11-12H,7-10H2,1-3H3. The highest BCUT2D eigenvalue weighted by molar-refractivity contribution is 5.98. The van der Waals surface area contributed by atoms with Crippen LogP contribution in [0.25, 0.3) is 0 Å². The van der Waals surface area contributed by atoms with Crippen LogP contribution >= 0.6 is 0 Å². The molecule has 98 valence electrons. The molecule has 1 aromatic carbocycles. The zero-order valence-electron chi connectivity index (χ0n) is 11.5. The molecule has 0 unspecified atom stereocenters. The van der Waals surface area contributed by atoms with Crippen molar-refractivity contribution in [3.8, 4) is 5.75 Å². The predicted molar refractivity (Wildman–Crippen MR) is 73.1 cm³/mol. The number of ketones is 1. The van der Waals surface area contributed by atoms with Gasteiger partial charge in [-0.2, -0.15) is 0 Å². The van der Waals surface area contributed by atoms with Gasteiger partial charge in [0.25, 0.3) is 0 Å². The van der Waals surface area contributed by atoms with E-state index in [1.165, 1.54) is 0 Å². The first kappa shape index (κ1) is 13.1. The number of carbonyl (C=O) groups excluding carboxylic acids is 1. The number of hydrogen-bond acceptors (Lipinski definition) is 2. The minimum atomic E-state index is 0.199. The second-order valence-corrected chi connectivity index (χ2v) is 6.03. The number of carbonyl (C=O) groups is 1. The smallest absolute Gasteiger partial charge is 0.166 e. The lowest BCUT2D eigenvalue weighted by atomic mass is 9.71. The van der Waals surface area contributed by atoms with E-state index in [4.69, 9.17) is 4.74 Å². The van der Waals surface area contributed by atoms with Gasteiger partial charge in [-0.15, -0.1) is 0 Å². The molecule has 1 fully saturated rings. The molecule has 0 bridgehead atoms. The Balaban J connectivity index is 2.07. The minimum Gasteiger partial charge on any atom is -0.497 e. The summed E-state index contributed by atoms with van der Waals surface area (Å²) in [5.41, 5.74) is 1.20. The predicted octanol–water partition coefficient (Wildman–Crippen LogP) is 4.09. The van der Waals surface area contributed by atoms with Gasteiger partial charge in [-0.3, -0.25) is 4.79 Å². The molecule has 1 aliphatic rings. The van der Waals surface area contributed by atoms with Crippen molar-refractivity contribution < 1.29 is 9.53 Å². The van der Waals surface area contributed by atoms with Gasteiger partial charge in [-0.05, 0) is 43.2 Å². The Labute approximate surface area is 109 Å². The van der Waals surface area contributed by atoms with Gasteiger partial charge in [-0.25, -0.2) is 0 Å². The second-order valence-electron chi connectivity index (χ2n) is 6.03. The van der Waals surface area contributed by atoms with E-state index >= 15 is 0 Å². The molecular formula is C16H22O2. The van der Waals surface area contributed by atoms with Crippen LogP contribution in [0, 0.1) is 11.3 Å². The quantitative estimate of drug-likeness (QED) is 0.751. The molecule has 2 heteroatoms. The summed E-state index contributed by atoms with van der Waals surface area (Å²) in [5, 5.41) is 0. The van der Waals surface area contributed by atoms with Gasteiger partial charge in [0.1, 0.15) is 5.75 Å². The van der Waals surface area contributed by atoms with Gasteiger partial charge in [0.05, 0.1) is 7.11 Å². The van der Waals surface area contributed by atoms with Crippen LogP contribution in [0.2, 0.25) is 0 Å². The number of ether oxygens (including phenoxy) is 1. The van der Waals surface area contributed by atoms with Crippen molar-refractivity contribution in [3.05, 3.63) is 29.8 Å². The molecule has 0 saturated heterocycles. The van der Waals surface area contributed by atoms with Crippen molar-refractivity contribution in [2.75, 3.05) is 7.11 Å². The van der Waals surface area contributed by atoms with Crippen molar-refractivity contribution in [3.63, 3.8) is 0 Å². The molecule has 1 saturated carbocycles. The van der Waals surface area contributed by atoms with Gasteiger partial charge in [0, 0.05) is 11.5 Å². The van der Waals surface area contributed by atoms with Crippen LogP contribution < -0.4 is 4.74 Å². The summed E-state index contributed by atoms with van der Waals surface area (Å²) in [6.45, 7) is 4.58. The Bertz CT molecular complexity index is 424. The summed E-state index contributed by atoms with van der Waals surface area (Å²) in [6, 6.07) is 7.51. The van der Waals surface area contributed by atoms with E-state index in [0.717, 1.165) is 37.0 Å². The normalized spacial score (nSPS) is 19.5. The van der Waals surface area contributed by atoms with Crippen LogP contribution in [0.1, 0.15) is 49.9 Å². The van der Waals surface area contributed by atoms with Crippen LogP contribution in [0.5, 0.6) is 5.75 Å². The molecule has 18 heavy (non-hydrogen) atoms. The number of Topliss-reactive ketones (excluding diaryl/α,β-unsaturated/α-hetero) is 1. The van der Waals surface area contributed by atoms with Crippen molar-refractivity contribution in [2.24, 2.45) is 11.3 Å². The molecule has 1 aromatic rings. The highest BCUT2D eigenvalue weighted by atomic mass is 16.5. The first-order valence-corrected chi connectivity index (χ1v) is 6.70. The third kappa shape index (κ3) is 2.92. The lowest BCUT2D eigenvalue weighted by Gasteiger charge is -2.33. The third-order valence-corrected chi connectivity index (χ3v) is 4.06. The van der Waals surface area contributed by atoms with Gasteiger partial charge in [0.2, 0.25) is 0 Å². The number of rotatable bonds is 3. The minimum absolute atomic E-state index is 0.199. The van der Waals surface area contributed by atoms with Gasteiger partial charge in [0.15, 0.2) is 5.78 Å². The van der Waals surface area contributed by atoms with E-state index in [2.05, 4.69) is 13.8 Å². The molecule has 0 spiro atoms. The fourth-order valence-electron chi connectivity index (χ4n) is 2.67. The van der Waals surface area contributed by atoms with E-state index in [-0.39, 0.29) is 11.7 Å². The second kappa shape index (κ2) is 5.13. The maximum absolute atomic E-state index is 12.4. The van der Waals surface area contributed by atoms with Crippen LogP contribution in [0.15, 0.2) is 24.3 Å². The van der Waals surface area contributed by atoms with E-state index in [1.54, 1.807) is 7.11 Å². The Hall–Kier alpha value is -1.31. The van der Waals surface area contributed by atoms with Crippen LogP contribution in [0.3, 0.4) is 0 Å². The lowest BCUT2D eigenvalue weighted by molar-refractivity contribution is 0.0837. The summed E-state index contributed by atoms with van der Waals surface area (Å²) < 4.78 is 5.17. The summed E-state index contributed by atoms with van der Waals surface area (Å²) >= 11 is 0. The third-order valence-electron chi connectivity index (χ3n) is 4.06. The average Bonchev–Trinajstić information content (AvgIpc) is 2.38. The molecule has 0 atom stereocenters. The molecule has 0 aromatic heterocycles. The largest absolute Gasteiger partial charge is 0.497 e. The van der Waals surface area contributed by atoms with Gasteiger partial charge >= 0.3 is 0 Å². The summed E-state index contributed by atoms with van der Waals surface area (Å²) in [6.07, 6.45) is 4.33. The molecule has 0 N–H and O–H groups in total. The van der Waals surface area contributed by atoms with Gasteiger partial charge in [-0.1, -0.05) is 26.0 Å². The van der Waals surface area contributed by atoms with Gasteiger partial charge < -0.3 is 4.74 Å². The topological polar surface area (TPSA) is 26.3 Å². The Morgan fingerprint density at radius 3 is 2.56 bits per heavy atom. The fraction of sp³-hybridized carbons (Fsp3) is 0.562. The van der Waals surface area contributed by atoms with Crippen LogP contribution in [-0.2, 0) is 0 Å². The van der Waals surface area contributed by atoms with E-state index < -0.39 is 0 Å². The molecule has 0 aliphatic heterocycles. The first-order valence-electron chi connectivity index (χ1n) is 6.70. The van der Waals surface area contributed by atoms with E-state index in [0.29, 0.717) is 5.41 Å². The number of methoxy groups -OCH3 is 1. The molecule has 2 nitrogen and oxygen atoms in total. The lowest BCUT2D eigenvalue weighted by Crippen LogP contribution is -2.26. The first-order chi connectivity index (χ1) is 8.52. The highest BCUT2D eigenvalue weighted by Crippen LogP contribution is 2.39. The molecule has 1 aliphatic carbocycles. The summed E-state index contributed by atoms with van der Waals surface area (Å²) in [5.74, 6) is 1.24. The summed E-state index contributed by atoms with van der Waals surface area (Å²) in [4.78, 5) is 12.4. The molecule has 0 heterocycles. The Kier molecular flexibility index (Phi) is 3.74. The Morgan fingerprint density at radius 1 is 1.28 bits per heavy atom. The highest BCUT2D eigenvalue weighted by Gasteiger charge is 2.30. The maximum atomic E-state index is 12.4. The number of benzene rings is 1. The van der Waals surface area contributed by atoms with Crippen molar-refractivity contribution >= 4 is 5.78 Å². The Morgan fingerprint density at radius 2 is 1.94 bits per heavy atom. The SMILES string of the molecule is COc1cccc(C(=O)C2CCC(C)(C)CC2)c1. The molecule has 2 rings (SSSR count).